The lowest BCUT2D eigenvalue weighted by atomic mass is 9.96. The summed E-state index contributed by atoms with van der Waals surface area (Å²) in [6, 6.07) is 24.7. The van der Waals surface area contributed by atoms with Crippen molar-refractivity contribution >= 4 is 0 Å². The van der Waals surface area contributed by atoms with Crippen LogP contribution in [0.4, 0.5) is 0 Å². The maximum absolute atomic E-state index is 5.82. The largest absolute Gasteiger partial charge is 0.497 e. The monoisotopic (exact) mass is 542 g/mol. The van der Waals surface area contributed by atoms with Crippen molar-refractivity contribution in [3.05, 3.63) is 95.1 Å². The van der Waals surface area contributed by atoms with Gasteiger partial charge in [0.1, 0.15) is 34.5 Å². The van der Waals surface area contributed by atoms with Crippen molar-refractivity contribution in [1.82, 2.24) is 0 Å². The van der Waals surface area contributed by atoms with Crippen LogP contribution in [-0.2, 0) is 25.7 Å². The lowest BCUT2D eigenvalue weighted by molar-refractivity contribution is 0.393. The van der Waals surface area contributed by atoms with Gasteiger partial charge in [-0.3, -0.25) is 0 Å². The average molecular weight is 543 g/mol. The third kappa shape index (κ3) is 7.00. The molecule has 0 radical (unpaired) electrons. The van der Waals surface area contributed by atoms with E-state index in [1.807, 2.05) is 36.4 Å². The van der Waals surface area contributed by atoms with Crippen LogP contribution in [-0.4, -0.2) is 42.7 Å². The van der Waals surface area contributed by atoms with Crippen LogP contribution in [0.5, 0.6) is 34.5 Å². The van der Waals surface area contributed by atoms with E-state index in [4.69, 9.17) is 28.4 Å². The summed E-state index contributed by atoms with van der Waals surface area (Å²) in [6.45, 7) is 0. The van der Waals surface area contributed by atoms with Crippen LogP contribution in [0.1, 0.15) is 22.3 Å². The van der Waals surface area contributed by atoms with Crippen LogP contribution >= 0.6 is 0 Å². The Balaban J connectivity index is 1.51. The highest BCUT2D eigenvalue weighted by Gasteiger charge is 2.14. The lowest BCUT2D eigenvalue weighted by Gasteiger charge is -2.15. The minimum atomic E-state index is 0.793. The molecule has 0 bridgehead atoms. The van der Waals surface area contributed by atoms with Crippen LogP contribution in [0.25, 0.3) is 11.1 Å². The lowest BCUT2D eigenvalue weighted by Crippen LogP contribution is -1.98. The maximum atomic E-state index is 5.82. The summed E-state index contributed by atoms with van der Waals surface area (Å²) in [5.74, 6) is 4.80. The molecule has 40 heavy (non-hydrogen) atoms. The first kappa shape index (κ1) is 28.7. The Hall–Kier alpha value is -4.32. The van der Waals surface area contributed by atoms with Gasteiger partial charge in [0, 0.05) is 23.3 Å². The summed E-state index contributed by atoms with van der Waals surface area (Å²) in [5.41, 5.74) is 6.68. The van der Waals surface area contributed by atoms with Crippen LogP contribution in [0, 0.1) is 0 Å². The molecular weight excluding hydrogens is 504 g/mol. The number of hydrogen-bond acceptors (Lipinski definition) is 6. The van der Waals surface area contributed by atoms with Gasteiger partial charge in [-0.1, -0.05) is 24.3 Å². The molecule has 6 nitrogen and oxygen atoms in total. The van der Waals surface area contributed by atoms with Crippen molar-refractivity contribution in [2.45, 2.75) is 25.7 Å². The van der Waals surface area contributed by atoms with E-state index in [1.165, 1.54) is 11.1 Å². The summed E-state index contributed by atoms with van der Waals surface area (Å²) in [4.78, 5) is 0. The van der Waals surface area contributed by atoms with Crippen molar-refractivity contribution in [3.63, 3.8) is 0 Å². The Morgan fingerprint density at radius 1 is 0.350 bits per heavy atom. The zero-order valence-electron chi connectivity index (χ0n) is 24.2. The van der Waals surface area contributed by atoms with Gasteiger partial charge in [0.2, 0.25) is 0 Å². The molecule has 0 aliphatic rings. The molecule has 0 saturated heterocycles. The van der Waals surface area contributed by atoms with Gasteiger partial charge in [-0.2, -0.15) is 0 Å². The molecular formula is C34H38O6. The Kier molecular flexibility index (Phi) is 9.79. The van der Waals surface area contributed by atoms with Crippen molar-refractivity contribution in [1.29, 1.82) is 0 Å². The third-order valence-electron chi connectivity index (χ3n) is 7.05. The molecule has 210 valence electrons. The number of rotatable bonds is 13. The molecule has 0 amide bonds. The molecule has 0 aromatic heterocycles. The van der Waals surface area contributed by atoms with E-state index in [9.17, 15) is 0 Å². The van der Waals surface area contributed by atoms with E-state index in [-0.39, 0.29) is 0 Å². The standard InChI is InChI=1S/C34H38O6/c1-35-27-15-25(16-28(21-27)36-2)9-7-23-11-13-31(33(19-23)39-5)32-14-12-24(20-34(32)40-6)8-10-26-17-29(37-3)22-30(18-26)38-4/h11-22H,7-10H2,1-6H3. The average Bonchev–Trinajstić information content (AvgIpc) is 3.01. The first-order chi connectivity index (χ1) is 19.5. The van der Waals surface area contributed by atoms with E-state index in [1.54, 1.807) is 42.7 Å². The quantitative estimate of drug-likeness (QED) is 0.182. The Morgan fingerprint density at radius 3 is 0.975 bits per heavy atom. The van der Waals surface area contributed by atoms with Gasteiger partial charge < -0.3 is 28.4 Å². The van der Waals surface area contributed by atoms with Crippen LogP contribution in [0.2, 0.25) is 0 Å². The van der Waals surface area contributed by atoms with Gasteiger partial charge in [0.05, 0.1) is 42.7 Å². The zero-order valence-corrected chi connectivity index (χ0v) is 24.2. The van der Waals surface area contributed by atoms with E-state index < -0.39 is 0 Å². The molecule has 4 rings (SSSR count). The fourth-order valence-corrected chi connectivity index (χ4v) is 4.83. The molecule has 0 spiro atoms. The molecule has 4 aromatic rings. The summed E-state index contributed by atoms with van der Waals surface area (Å²) in [6.07, 6.45) is 3.43. The van der Waals surface area contributed by atoms with Gasteiger partial charge in [0.25, 0.3) is 0 Å². The molecule has 0 aliphatic carbocycles. The second-order valence-corrected chi connectivity index (χ2v) is 9.51. The van der Waals surface area contributed by atoms with Gasteiger partial charge in [-0.25, -0.2) is 0 Å². The number of benzene rings is 4. The highest BCUT2D eigenvalue weighted by molar-refractivity contribution is 5.76. The normalized spacial score (nSPS) is 10.7. The first-order valence-corrected chi connectivity index (χ1v) is 13.3. The topological polar surface area (TPSA) is 55.4 Å². The number of methoxy groups -OCH3 is 6. The van der Waals surface area contributed by atoms with E-state index >= 15 is 0 Å². The van der Waals surface area contributed by atoms with Gasteiger partial charge in [-0.05, 0) is 84.3 Å². The molecule has 0 fully saturated rings. The van der Waals surface area contributed by atoms with Crippen molar-refractivity contribution < 1.29 is 28.4 Å². The number of aryl methyl sites for hydroxylation is 4. The van der Waals surface area contributed by atoms with E-state index in [2.05, 4.69) is 36.4 Å². The second-order valence-electron chi connectivity index (χ2n) is 9.51. The predicted octanol–water partition coefficient (Wildman–Crippen LogP) is 6.98. The van der Waals surface area contributed by atoms with Crippen molar-refractivity contribution in [2.75, 3.05) is 42.7 Å². The van der Waals surface area contributed by atoms with Gasteiger partial charge in [-0.15, -0.1) is 0 Å². The summed E-state index contributed by atoms with van der Waals surface area (Å²) in [5, 5.41) is 0. The SMILES string of the molecule is COc1cc(CCc2ccc(-c3ccc(CCc4cc(OC)cc(OC)c4)cc3OC)c(OC)c2)cc(OC)c1. The fraction of sp³-hybridized carbons (Fsp3) is 0.294. The third-order valence-corrected chi connectivity index (χ3v) is 7.05. The molecule has 0 aliphatic heterocycles. The number of hydrogen-bond donors (Lipinski definition) is 0. The molecule has 6 heteroatoms. The minimum absolute atomic E-state index is 0.793. The number of ether oxygens (including phenoxy) is 6. The molecule has 0 saturated carbocycles. The van der Waals surface area contributed by atoms with Crippen molar-refractivity contribution in [2.24, 2.45) is 0 Å². The summed E-state index contributed by atoms with van der Waals surface area (Å²) in [7, 11) is 10.1. The van der Waals surface area contributed by atoms with E-state index in [0.717, 1.165) is 82.4 Å². The summed E-state index contributed by atoms with van der Waals surface area (Å²) < 4.78 is 33.3. The molecule has 0 N–H and O–H groups in total. The van der Waals surface area contributed by atoms with Crippen LogP contribution < -0.4 is 28.4 Å². The minimum Gasteiger partial charge on any atom is -0.497 e. The van der Waals surface area contributed by atoms with Crippen molar-refractivity contribution in [3.8, 4) is 45.6 Å². The highest BCUT2D eigenvalue weighted by atomic mass is 16.5. The highest BCUT2D eigenvalue weighted by Crippen LogP contribution is 2.38. The molecule has 0 atom stereocenters. The van der Waals surface area contributed by atoms with Gasteiger partial charge in [0.15, 0.2) is 0 Å². The maximum Gasteiger partial charge on any atom is 0.127 e. The Labute approximate surface area is 237 Å². The molecule has 0 unspecified atom stereocenters. The van der Waals surface area contributed by atoms with Crippen LogP contribution in [0.3, 0.4) is 0 Å². The molecule has 0 heterocycles. The first-order valence-electron chi connectivity index (χ1n) is 13.3. The van der Waals surface area contributed by atoms with E-state index in [0.29, 0.717) is 0 Å². The van der Waals surface area contributed by atoms with Crippen LogP contribution in [0.15, 0.2) is 72.8 Å². The smallest absolute Gasteiger partial charge is 0.127 e. The Morgan fingerprint density at radius 2 is 0.675 bits per heavy atom. The Bertz CT molecular complexity index is 1270. The fourth-order valence-electron chi connectivity index (χ4n) is 4.83. The second kappa shape index (κ2) is 13.7. The van der Waals surface area contributed by atoms with Gasteiger partial charge >= 0.3 is 0 Å². The summed E-state index contributed by atoms with van der Waals surface area (Å²) >= 11 is 0. The zero-order chi connectivity index (χ0) is 28.5. The predicted molar refractivity (Wildman–Crippen MR) is 159 cm³/mol. The molecule has 4 aromatic carbocycles.